The maximum atomic E-state index is 12.8. The molecule has 2 fully saturated rings. The number of likely N-dealkylation sites (N-methyl/N-ethyl adjacent to an activating group) is 1. The summed E-state index contributed by atoms with van der Waals surface area (Å²) >= 11 is 1.90. The minimum atomic E-state index is 0.0286. The molecule has 1 amide bonds. The fraction of sp³-hybridized carbons (Fsp3) is 0.941. The van der Waals surface area contributed by atoms with Gasteiger partial charge in [-0.2, -0.15) is 11.8 Å². The summed E-state index contributed by atoms with van der Waals surface area (Å²) in [5.74, 6) is 1.52. The van der Waals surface area contributed by atoms with Crippen molar-refractivity contribution in [2.24, 2.45) is 0 Å². The summed E-state index contributed by atoms with van der Waals surface area (Å²) in [6.45, 7) is 7.11. The predicted molar refractivity (Wildman–Crippen MR) is 95.5 cm³/mol. The van der Waals surface area contributed by atoms with Crippen LogP contribution in [-0.4, -0.2) is 84.5 Å². The molecule has 1 aliphatic carbocycles. The maximum absolute atomic E-state index is 12.8. The van der Waals surface area contributed by atoms with Gasteiger partial charge in [-0.25, -0.2) is 0 Å². The van der Waals surface area contributed by atoms with E-state index < -0.39 is 0 Å². The first kappa shape index (κ1) is 18.1. The monoisotopic (exact) mass is 327 g/mol. The third kappa shape index (κ3) is 4.87. The Hall–Kier alpha value is -0.260. The van der Waals surface area contributed by atoms with Crippen LogP contribution in [0.1, 0.15) is 39.0 Å². The van der Waals surface area contributed by atoms with Gasteiger partial charge in [-0.3, -0.25) is 14.6 Å². The molecule has 5 heteroatoms. The number of carbonyl (C=O) groups is 1. The van der Waals surface area contributed by atoms with Crippen LogP contribution in [0.3, 0.4) is 0 Å². The summed E-state index contributed by atoms with van der Waals surface area (Å²) in [6.07, 6.45) is 8.69. The van der Waals surface area contributed by atoms with E-state index >= 15 is 0 Å². The maximum Gasteiger partial charge on any atom is 0.239 e. The summed E-state index contributed by atoms with van der Waals surface area (Å²) in [5, 5.41) is 0. The molecular weight excluding hydrogens is 294 g/mol. The molecule has 0 unspecified atom stereocenters. The van der Waals surface area contributed by atoms with Gasteiger partial charge in [-0.15, -0.1) is 0 Å². The number of carbonyl (C=O) groups excluding carboxylic acids is 1. The first-order chi connectivity index (χ1) is 10.6. The Balaban J connectivity index is 1.78. The van der Waals surface area contributed by atoms with Crippen LogP contribution >= 0.6 is 11.8 Å². The molecule has 0 spiro atoms. The van der Waals surface area contributed by atoms with Crippen molar-refractivity contribution in [3.8, 4) is 0 Å². The largest absolute Gasteiger partial charge is 0.339 e. The molecule has 0 radical (unpaired) electrons. The number of thioether (sulfide) groups is 1. The molecule has 0 aromatic carbocycles. The number of nitrogens with zero attached hydrogens (tertiary/aromatic N) is 3. The van der Waals surface area contributed by atoms with Gasteiger partial charge in [0.1, 0.15) is 0 Å². The average Bonchev–Trinajstić information content (AvgIpc) is 2.59. The summed E-state index contributed by atoms with van der Waals surface area (Å²) in [7, 11) is 2.15. The van der Waals surface area contributed by atoms with Crippen molar-refractivity contribution in [2.75, 3.05) is 51.8 Å². The molecule has 1 saturated carbocycles. The van der Waals surface area contributed by atoms with Crippen LogP contribution in [0.2, 0.25) is 0 Å². The molecule has 0 aromatic rings. The van der Waals surface area contributed by atoms with Gasteiger partial charge < -0.3 is 4.90 Å². The normalized spacial score (nSPS) is 23.0. The molecule has 2 aliphatic rings. The first-order valence-electron chi connectivity index (χ1n) is 8.85. The first-order valence-corrected chi connectivity index (χ1v) is 10.2. The molecule has 1 heterocycles. The minimum absolute atomic E-state index is 0.0286. The SMILES string of the molecule is CSCCN1CCN(C(=O)[C@@H](C)N(C)C2CCCCC2)CC1. The van der Waals surface area contributed by atoms with Crippen LogP contribution in [0.15, 0.2) is 0 Å². The van der Waals surface area contributed by atoms with Gasteiger partial charge in [0.05, 0.1) is 6.04 Å². The molecule has 0 N–H and O–H groups in total. The summed E-state index contributed by atoms with van der Waals surface area (Å²) in [5.41, 5.74) is 0. The second kappa shape index (κ2) is 9.14. The zero-order valence-electron chi connectivity index (χ0n) is 14.6. The Morgan fingerprint density at radius 2 is 1.82 bits per heavy atom. The second-order valence-electron chi connectivity index (χ2n) is 6.79. The molecule has 1 saturated heterocycles. The Kier molecular flexibility index (Phi) is 7.51. The molecule has 0 bridgehead atoms. The Morgan fingerprint density at radius 3 is 2.41 bits per heavy atom. The van der Waals surface area contributed by atoms with E-state index in [2.05, 4.69) is 34.9 Å². The molecule has 2 rings (SSSR count). The lowest BCUT2D eigenvalue weighted by atomic mass is 9.93. The Labute approximate surface area is 140 Å². The van der Waals surface area contributed by atoms with Gasteiger partial charge in [0.25, 0.3) is 0 Å². The lowest BCUT2D eigenvalue weighted by Gasteiger charge is -2.40. The lowest BCUT2D eigenvalue weighted by molar-refractivity contribution is -0.138. The predicted octanol–water partition coefficient (Wildman–Crippen LogP) is 2.15. The third-order valence-electron chi connectivity index (χ3n) is 5.41. The van der Waals surface area contributed by atoms with Crippen LogP contribution in [0.5, 0.6) is 0 Å². The molecule has 22 heavy (non-hydrogen) atoms. The molecule has 1 aliphatic heterocycles. The van der Waals surface area contributed by atoms with Crippen LogP contribution in [0.25, 0.3) is 0 Å². The van der Waals surface area contributed by atoms with Crippen LogP contribution in [0.4, 0.5) is 0 Å². The highest BCUT2D eigenvalue weighted by Crippen LogP contribution is 2.23. The van der Waals surface area contributed by atoms with E-state index in [1.807, 2.05) is 11.8 Å². The van der Waals surface area contributed by atoms with Crippen LogP contribution in [-0.2, 0) is 4.79 Å². The van der Waals surface area contributed by atoms with E-state index in [9.17, 15) is 4.79 Å². The van der Waals surface area contributed by atoms with Gasteiger partial charge in [-0.1, -0.05) is 19.3 Å². The molecule has 128 valence electrons. The fourth-order valence-electron chi connectivity index (χ4n) is 3.66. The lowest BCUT2D eigenvalue weighted by Crippen LogP contribution is -2.55. The summed E-state index contributed by atoms with van der Waals surface area (Å²) in [4.78, 5) is 19.7. The third-order valence-corrected chi connectivity index (χ3v) is 6.01. The highest BCUT2D eigenvalue weighted by atomic mass is 32.2. The van der Waals surface area contributed by atoms with Crippen molar-refractivity contribution < 1.29 is 4.79 Å². The number of rotatable bonds is 6. The standard InChI is InChI=1S/C17H33N3OS/c1-15(18(2)16-7-5-4-6-8-16)17(21)20-11-9-19(10-12-20)13-14-22-3/h15-16H,4-14H2,1-3H3/t15-/m1/s1. The van der Waals surface area contributed by atoms with Crippen molar-refractivity contribution >= 4 is 17.7 Å². The smallest absolute Gasteiger partial charge is 0.239 e. The number of hydrogen-bond acceptors (Lipinski definition) is 4. The minimum Gasteiger partial charge on any atom is -0.339 e. The van der Waals surface area contributed by atoms with Crippen molar-refractivity contribution in [3.63, 3.8) is 0 Å². The quantitative estimate of drug-likeness (QED) is 0.747. The Morgan fingerprint density at radius 1 is 1.18 bits per heavy atom. The fourth-order valence-corrected chi connectivity index (χ4v) is 4.10. The zero-order valence-corrected chi connectivity index (χ0v) is 15.4. The van der Waals surface area contributed by atoms with E-state index in [1.54, 1.807) is 0 Å². The molecule has 0 aromatic heterocycles. The van der Waals surface area contributed by atoms with E-state index in [1.165, 1.54) is 37.9 Å². The van der Waals surface area contributed by atoms with Crippen molar-refractivity contribution in [3.05, 3.63) is 0 Å². The van der Waals surface area contributed by atoms with Gasteiger partial charge >= 0.3 is 0 Å². The van der Waals surface area contributed by atoms with E-state index in [-0.39, 0.29) is 6.04 Å². The highest BCUT2D eigenvalue weighted by Gasteiger charge is 2.30. The van der Waals surface area contributed by atoms with Crippen LogP contribution in [0, 0.1) is 0 Å². The number of piperazine rings is 1. The van der Waals surface area contributed by atoms with E-state index in [0.717, 1.165) is 32.7 Å². The Bertz CT molecular complexity index is 339. The topological polar surface area (TPSA) is 26.8 Å². The van der Waals surface area contributed by atoms with Crippen molar-refractivity contribution in [1.29, 1.82) is 0 Å². The summed E-state index contributed by atoms with van der Waals surface area (Å²) in [6, 6.07) is 0.636. The molecule has 1 atom stereocenters. The van der Waals surface area contributed by atoms with Gasteiger partial charge in [-0.05, 0) is 33.1 Å². The van der Waals surface area contributed by atoms with Gasteiger partial charge in [0.2, 0.25) is 5.91 Å². The van der Waals surface area contributed by atoms with Gasteiger partial charge in [0, 0.05) is 44.5 Å². The van der Waals surface area contributed by atoms with Crippen molar-refractivity contribution in [2.45, 2.75) is 51.1 Å². The average molecular weight is 328 g/mol. The van der Waals surface area contributed by atoms with E-state index in [4.69, 9.17) is 0 Å². The second-order valence-corrected chi connectivity index (χ2v) is 7.78. The van der Waals surface area contributed by atoms with E-state index in [0.29, 0.717) is 11.9 Å². The molecular formula is C17H33N3OS. The van der Waals surface area contributed by atoms with Crippen LogP contribution < -0.4 is 0 Å². The zero-order chi connectivity index (χ0) is 15.9. The number of hydrogen-bond donors (Lipinski definition) is 0. The van der Waals surface area contributed by atoms with Gasteiger partial charge in [0.15, 0.2) is 0 Å². The number of amides is 1. The summed E-state index contributed by atoms with van der Waals surface area (Å²) < 4.78 is 0. The van der Waals surface area contributed by atoms with Crippen molar-refractivity contribution in [1.82, 2.24) is 14.7 Å². The highest BCUT2D eigenvalue weighted by molar-refractivity contribution is 7.98. The molecule has 4 nitrogen and oxygen atoms in total.